The standard InChI is InChI=1S/C14H20BrNS2/c15-14-8-11-12(5-3-6-13(11)18-14)16-9-10-4-1-2-7-17-10/h8,10,12,16H,1-7,9H2. The summed E-state index contributed by atoms with van der Waals surface area (Å²) in [7, 11) is 0. The van der Waals surface area contributed by atoms with Gasteiger partial charge in [-0.25, -0.2) is 0 Å². The summed E-state index contributed by atoms with van der Waals surface area (Å²) < 4.78 is 1.30. The van der Waals surface area contributed by atoms with Crippen molar-refractivity contribution in [2.45, 2.75) is 49.8 Å². The molecule has 0 aromatic carbocycles. The van der Waals surface area contributed by atoms with Gasteiger partial charge in [-0.2, -0.15) is 11.8 Å². The van der Waals surface area contributed by atoms with E-state index in [0.717, 1.165) is 5.25 Å². The fourth-order valence-electron chi connectivity index (χ4n) is 2.98. The molecular formula is C14H20BrNS2. The monoisotopic (exact) mass is 345 g/mol. The van der Waals surface area contributed by atoms with Gasteiger partial charge in [0.2, 0.25) is 0 Å². The minimum absolute atomic E-state index is 0.610. The Kier molecular flexibility index (Phi) is 4.71. The van der Waals surface area contributed by atoms with Crippen LogP contribution in [0.4, 0.5) is 0 Å². The van der Waals surface area contributed by atoms with Crippen LogP contribution >= 0.6 is 39.0 Å². The van der Waals surface area contributed by atoms with E-state index in [2.05, 4.69) is 39.1 Å². The van der Waals surface area contributed by atoms with Crippen LogP contribution in [0.15, 0.2) is 9.85 Å². The van der Waals surface area contributed by atoms with Gasteiger partial charge in [0.25, 0.3) is 0 Å². The minimum Gasteiger partial charge on any atom is -0.309 e. The van der Waals surface area contributed by atoms with Crippen molar-refractivity contribution in [3.05, 3.63) is 20.3 Å². The maximum atomic E-state index is 3.83. The molecule has 2 unspecified atom stereocenters. The largest absolute Gasteiger partial charge is 0.309 e. The number of thioether (sulfide) groups is 1. The summed E-state index contributed by atoms with van der Waals surface area (Å²) in [5, 5.41) is 4.68. The first-order valence-electron chi connectivity index (χ1n) is 6.96. The van der Waals surface area contributed by atoms with Gasteiger partial charge in [-0.1, -0.05) is 6.42 Å². The van der Waals surface area contributed by atoms with E-state index in [0.29, 0.717) is 6.04 Å². The van der Waals surface area contributed by atoms with Crippen LogP contribution in [-0.2, 0) is 6.42 Å². The van der Waals surface area contributed by atoms with Gasteiger partial charge in [-0.15, -0.1) is 11.3 Å². The Bertz CT molecular complexity index is 398. The van der Waals surface area contributed by atoms with Gasteiger partial charge < -0.3 is 5.32 Å². The van der Waals surface area contributed by atoms with Crippen molar-refractivity contribution in [1.29, 1.82) is 0 Å². The number of thiophene rings is 1. The zero-order valence-corrected chi connectivity index (χ0v) is 13.8. The second-order valence-corrected chi connectivity index (χ2v) is 9.19. The second kappa shape index (κ2) is 6.29. The summed E-state index contributed by atoms with van der Waals surface area (Å²) in [6.45, 7) is 1.20. The molecule has 2 aliphatic rings. The van der Waals surface area contributed by atoms with Crippen molar-refractivity contribution >= 4 is 39.0 Å². The van der Waals surface area contributed by atoms with Crippen LogP contribution < -0.4 is 5.32 Å². The molecule has 0 saturated carbocycles. The molecule has 1 aliphatic carbocycles. The number of rotatable bonds is 3. The lowest BCUT2D eigenvalue weighted by Crippen LogP contribution is -2.31. The molecule has 1 aromatic rings. The summed E-state index contributed by atoms with van der Waals surface area (Å²) in [6.07, 6.45) is 8.20. The van der Waals surface area contributed by atoms with Gasteiger partial charge in [-0.3, -0.25) is 0 Å². The number of nitrogens with one attached hydrogen (secondary N) is 1. The number of aryl methyl sites for hydroxylation is 1. The fourth-order valence-corrected chi connectivity index (χ4v) is 6.05. The molecule has 1 aliphatic heterocycles. The lowest BCUT2D eigenvalue weighted by Gasteiger charge is -2.27. The van der Waals surface area contributed by atoms with Gasteiger partial charge in [0, 0.05) is 22.7 Å². The number of halogens is 1. The first-order chi connectivity index (χ1) is 8.83. The van der Waals surface area contributed by atoms with E-state index in [1.165, 1.54) is 54.6 Å². The minimum atomic E-state index is 0.610. The van der Waals surface area contributed by atoms with E-state index < -0.39 is 0 Å². The van der Waals surface area contributed by atoms with E-state index in [4.69, 9.17) is 0 Å². The molecule has 3 rings (SSSR count). The molecule has 1 aromatic heterocycles. The first-order valence-corrected chi connectivity index (χ1v) is 9.62. The third kappa shape index (κ3) is 3.14. The zero-order valence-electron chi connectivity index (χ0n) is 10.6. The van der Waals surface area contributed by atoms with Crippen molar-refractivity contribution in [2.24, 2.45) is 0 Å². The Balaban J connectivity index is 1.59. The average Bonchev–Trinajstić information content (AvgIpc) is 2.78. The third-order valence-electron chi connectivity index (χ3n) is 3.95. The quantitative estimate of drug-likeness (QED) is 0.847. The van der Waals surface area contributed by atoms with E-state index in [1.54, 1.807) is 10.4 Å². The predicted molar refractivity (Wildman–Crippen MR) is 85.8 cm³/mol. The molecule has 0 spiro atoms. The molecule has 1 N–H and O–H groups in total. The molecule has 1 fully saturated rings. The third-order valence-corrected chi connectivity index (χ3v) is 7.06. The summed E-state index contributed by atoms with van der Waals surface area (Å²) in [6, 6.07) is 2.95. The summed E-state index contributed by atoms with van der Waals surface area (Å²) in [5.41, 5.74) is 1.57. The smallest absolute Gasteiger partial charge is 0.0704 e. The second-order valence-electron chi connectivity index (χ2n) is 5.27. The van der Waals surface area contributed by atoms with Crippen LogP contribution in [0, 0.1) is 0 Å². The zero-order chi connectivity index (χ0) is 12.4. The van der Waals surface area contributed by atoms with Crippen molar-refractivity contribution in [3.63, 3.8) is 0 Å². The van der Waals surface area contributed by atoms with Gasteiger partial charge in [0.05, 0.1) is 3.79 Å². The van der Waals surface area contributed by atoms with Crippen molar-refractivity contribution in [1.82, 2.24) is 5.32 Å². The lowest BCUT2D eigenvalue weighted by molar-refractivity contribution is 0.455. The highest BCUT2D eigenvalue weighted by atomic mass is 79.9. The molecule has 1 nitrogen and oxygen atoms in total. The average molecular weight is 346 g/mol. The van der Waals surface area contributed by atoms with Crippen LogP contribution in [0.5, 0.6) is 0 Å². The maximum absolute atomic E-state index is 3.83. The maximum Gasteiger partial charge on any atom is 0.0704 e. The summed E-state index contributed by atoms with van der Waals surface area (Å²) >= 11 is 7.73. The topological polar surface area (TPSA) is 12.0 Å². The van der Waals surface area contributed by atoms with Crippen LogP contribution in [0.3, 0.4) is 0 Å². The van der Waals surface area contributed by atoms with Gasteiger partial charge in [0.15, 0.2) is 0 Å². The highest BCUT2D eigenvalue weighted by Gasteiger charge is 2.23. The van der Waals surface area contributed by atoms with Crippen LogP contribution in [0.2, 0.25) is 0 Å². The fraction of sp³-hybridized carbons (Fsp3) is 0.714. The predicted octanol–water partition coefficient (Wildman–Crippen LogP) is 4.76. The van der Waals surface area contributed by atoms with Gasteiger partial charge in [-0.05, 0) is 65.4 Å². The molecule has 2 atom stereocenters. The molecule has 1 saturated heterocycles. The van der Waals surface area contributed by atoms with Crippen LogP contribution in [0.1, 0.15) is 48.6 Å². The van der Waals surface area contributed by atoms with Crippen LogP contribution in [-0.4, -0.2) is 17.5 Å². The van der Waals surface area contributed by atoms with Crippen LogP contribution in [0.25, 0.3) is 0 Å². The Labute approximate surface area is 126 Å². The highest BCUT2D eigenvalue weighted by molar-refractivity contribution is 9.11. The summed E-state index contributed by atoms with van der Waals surface area (Å²) in [4.78, 5) is 1.60. The van der Waals surface area contributed by atoms with E-state index in [9.17, 15) is 0 Å². The van der Waals surface area contributed by atoms with E-state index in [1.807, 2.05) is 11.3 Å². The number of fused-ring (bicyclic) bond motifs is 1. The Morgan fingerprint density at radius 3 is 3.06 bits per heavy atom. The van der Waals surface area contributed by atoms with E-state index in [-0.39, 0.29) is 0 Å². The Morgan fingerprint density at radius 1 is 1.28 bits per heavy atom. The lowest BCUT2D eigenvalue weighted by atomic mass is 9.94. The molecule has 0 amide bonds. The van der Waals surface area contributed by atoms with Crippen molar-refractivity contribution < 1.29 is 0 Å². The molecule has 0 radical (unpaired) electrons. The Hall–Kier alpha value is 0.490. The summed E-state index contributed by atoms with van der Waals surface area (Å²) in [5.74, 6) is 1.37. The number of hydrogen-bond donors (Lipinski definition) is 1. The normalized spacial score (nSPS) is 28.1. The molecule has 100 valence electrons. The molecule has 4 heteroatoms. The molecule has 2 heterocycles. The van der Waals surface area contributed by atoms with Crippen molar-refractivity contribution in [2.75, 3.05) is 12.3 Å². The van der Waals surface area contributed by atoms with Crippen molar-refractivity contribution in [3.8, 4) is 0 Å². The Morgan fingerprint density at radius 2 is 2.22 bits per heavy atom. The molecular weight excluding hydrogens is 326 g/mol. The first kappa shape index (κ1) is 13.5. The van der Waals surface area contributed by atoms with Gasteiger partial charge in [0.1, 0.15) is 0 Å². The molecule has 18 heavy (non-hydrogen) atoms. The number of hydrogen-bond acceptors (Lipinski definition) is 3. The highest BCUT2D eigenvalue weighted by Crippen LogP contribution is 2.38. The van der Waals surface area contributed by atoms with Gasteiger partial charge >= 0.3 is 0 Å². The molecule has 0 bridgehead atoms. The SMILES string of the molecule is Brc1cc2c(s1)CCCC2NCC1CCCCS1. The van der Waals surface area contributed by atoms with E-state index >= 15 is 0 Å².